The highest BCUT2D eigenvalue weighted by atomic mass is 19.2. The zero-order chi connectivity index (χ0) is 18.9. The van der Waals surface area contributed by atoms with Gasteiger partial charge in [-0.3, -0.25) is 0 Å². The van der Waals surface area contributed by atoms with E-state index in [0.29, 0.717) is 39.1 Å². The van der Waals surface area contributed by atoms with Gasteiger partial charge < -0.3 is 5.11 Å². The van der Waals surface area contributed by atoms with Gasteiger partial charge in [-0.1, -0.05) is 12.1 Å². The molecule has 4 aromatic carbocycles. The summed E-state index contributed by atoms with van der Waals surface area (Å²) in [5, 5.41) is 12.9. The van der Waals surface area contributed by atoms with Crippen LogP contribution in [-0.2, 0) is 6.42 Å². The lowest BCUT2D eigenvalue weighted by molar-refractivity contribution is 0.216. The van der Waals surface area contributed by atoms with Crippen LogP contribution in [0, 0.1) is 23.3 Å². The second-order valence-electron chi connectivity index (χ2n) is 6.91. The molecular weight excluding hydrogens is 356 g/mol. The van der Waals surface area contributed by atoms with Crippen LogP contribution in [0.2, 0.25) is 0 Å². The summed E-state index contributed by atoms with van der Waals surface area (Å²) in [6.07, 6.45) is -0.537. The van der Waals surface area contributed by atoms with Crippen molar-refractivity contribution >= 4 is 21.5 Å². The van der Waals surface area contributed by atoms with Gasteiger partial charge in [0, 0.05) is 0 Å². The number of rotatable bonds is 0. The van der Waals surface area contributed by atoms with Crippen molar-refractivity contribution in [3.05, 3.63) is 94.1 Å². The highest BCUT2D eigenvalue weighted by Crippen LogP contribution is 2.39. The first kappa shape index (κ1) is 16.3. The van der Waals surface area contributed by atoms with E-state index in [1.54, 1.807) is 24.3 Å². The van der Waals surface area contributed by atoms with Crippen LogP contribution in [-0.4, -0.2) is 5.11 Å². The molecule has 0 aromatic heterocycles. The number of hydrogen-bond donors (Lipinski definition) is 1. The molecule has 0 heterocycles. The van der Waals surface area contributed by atoms with E-state index in [1.807, 2.05) is 0 Å². The lowest BCUT2D eigenvalue weighted by atomic mass is 9.81. The van der Waals surface area contributed by atoms with E-state index in [2.05, 4.69) is 0 Å². The van der Waals surface area contributed by atoms with Gasteiger partial charge in [0.05, 0.1) is 0 Å². The highest BCUT2D eigenvalue weighted by molar-refractivity contribution is 5.87. The molecule has 1 N–H and O–H groups in total. The van der Waals surface area contributed by atoms with Crippen molar-refractivity contribution in [2.45, 2.75) is 12.5 Å². The Hall–Kier alpha value is -2.92. The average molecular weight is 368 g/mol. The summed E-state index contributed by atoms with van der Waals surface area (Å²) >= 11 is 0. The van der Waals surface area contributed by atoms with Crippen molar-refractivity contribution in [2.75, 3.05) is 0 Å². The van der Waals surface area contributed by atoms with Crippen LogP contribution >= 0.6 is 0 Å². The fraction of sp³-hybridized carbons (Fsp3) is 0.0909. The topological polar surface area (TPSA) is 20.2 Å². The van der Waals surface area contributed by atoms with E-state index in [9.17, 15) is 22.7 Å². The minimum absolute atomic E-state index is 0.450. The van der Waals surface area contributed by atoms with Crippen LogP contribution < -0.4 is 0 Å². The van der Waals surface area contributed by atoms with Crippen molar-refractivity contribution in [3.63, 3.8) is 0 Å². The third kappa shape index (κ3) is 2.42. The van der Waals surface area contributed by atoms with Crippen LogP contribution in [0.1, 0.15) is 28.4 Å². The van der Waals surface area contributed by atoms with Gasteiger partial charge in [0.25, 0.3) is 0 Å². The minimum Gasteiger partial charge on any atom is -0.384 e. The quantitative estimate of drug-likeness (QED) is 0.404. The average Bonchev–Trinajstić information content (AvgIpc) is 2.62. The molecule has 4 aromatic rings. The Morgan fingerprint density at radius 2 is 0.889 bits per heavy atom. The van der Waals surface area contributed by atoms with Crippen molar-refractivity contribution in [1.29, 1.82) is 0 Å². The molecule has 0 amide bonds. The van der Waals surface area contributed by atoms with Crippen molar-refractivity contribution < 1.29 is 22.7 Å². The first-order chi connectivity index (χ1) is 12.9. The lowest BCUT2D eigenvalue weighted by Gasteiger charge is -2.26. The molecule has 0 saturated carbocycles. The van der Waals surface area contributed by atoms with Crippen LogP contribution in [0.25, 0.3) is 21.5 Å². The Bertz CT molecular complexity index is 1170. The molecule has 1 aliphatic carbocycles. The molecule has 0 spiro atoms. The molecule has 1 aliphatic rings. The third-order valence-corrected chi connectivity index (χ3v) is 5.25. The number of hydrogen-bond acceptors (Lipinski definition) is 1. The van der Waals surface area contributed by atoms with E-state index in [4.69, 9.17) is 0 Å². The monoisotopic (exact) mass is 368 g/mol. The molecule has 0 saturated heterocycles. The van der Waals surface area contributed by atoms with Gasteiger partial charge in [0.1, 0.15) is 6.10 Å². The number of aliphatic hydroxyl groups is 1. The van der Waals surface area contributed by atoms with Crippen molar-refractivity contribution in [2.24, 2.45) is 0 Å². The maximum absolute atomic E-state index is 13.6. The summed E-state index contributed by atoms with van der Waals surface area (Å²) in [6, 6.07) is 11.2. The van der Waals surface area contributed by atoms with Crippen LogP contribution in [0.15, 0.2) is 48.5 Å². The second-order valence-corrected chi connectivity index (χ2v) is 6.91. The normalized spacial score (nSPS) is 13.8. The molecule has 1 nitrogen and oxygen atoms in total. The van der Waals surface area contributed by atoms with E-state index >= 15 is 0 Å². The maximum atomic E-state index is 13.6. The fourth-order valence-electron chi connectivity index (χ4n) is 3.91. The predicted molar refractivity (Wildman–Crippen MR) is 94.6 cm³/mol. The Balaban J connectivity index is 1.72. The van der Waals surface area contributed by atoms with E-state index < -0.39 is 29.4 Å². The molecule has 5 heteroatoms. The fourth-order valence-corrected chi connectivity index (χ4v) is 3.91. The summed E-state index contributed by atoms with van der Waals surface area (Å²) in [7, 11) is 0. The third-order valence-electron chi connectivity index (χ3n) is 5.25. The van der Waals surface area contributed by atoms with Gasteiger partial charge in [-0.2, -0.15) is 0 Å². The summed E-state index contributed by atoms with van der Waals surface area (Å²) in [5.41, 5.74) is 2.77. The second kappa shape index (κ2) is 5.54. The van der Waals surface area contributed by atoms with E-state index in [1.165, 1.54) is 0 Å². The van der Waals surface area contributed by atoms with Gasteiger partial charge in [-0.15, -0.1) is 0 Å². The van der Waals surface area contributed by atoms with Gasteiger partial charge in [-0.05, 0) is 86.6 Å². The molecule has 5 rings (SSSR count). The zero-order valence-electron chi connectivity index (χ0n) is 13.9. The first-order valence-electron chi connectivity index (χ1n) is 8.42. The molecular formula is C22H12F4O. The van der Waals surface area contributed by atoms with E-state index in [0.717, 1.165) is 35.4 Å². The molecule has 134 valence electrons. The smallest absolute Gasteiger partial charge is 0.159 e. The summed E-state index contributed by atoms with van der Waals surface area (Å²) in [4.78, 5) is 0. The summed E-state index contributed by atoms with van der Waals surface area (Å²) in [5.74, 6) is -3.75. The highest BCUT2D eigenvalue weighted by Gasteiger charge is 2.25. The van der Waals surface area contributed by atoms with E-state index in [-0.39, 0.29) is 0 Å². The zero-order valence-corrected chi connectivity index (χ0v) is 13.9. The Morgan fingerprint density at radius 1 is 0.556 bits per heavy atom. The Kier molecular flexibility index (Phi) is 3.34. The van der Waals surface area contributed by atoms with Gasteiger partial charge in [0.15, 0.2) is 23.3 Å². The van der Waals surface area contributed by atoms with Gasteiger partial charge >= 0.3 is 0 Å². The van der Waals surface area contributed by atoms with Crippen LogP contribution in [0.4, 0.5) is 17.6 Å². The van der Waals surface area contributed by atoms with Crippen LogP contribution in [0.5, 0.6) is 0 Å². The molecule has 0 atom stereocenters. The largest absolute Gasteiger partial charge is 0.384 e. The number of halogens is 4. The number of benzene rings is 4. The molecule has 0 fully saturated rings. The SMILES string of the molecule is OC1c2cc3cc(F)c(F)cc3cc2Cc2cc3cc(F)c(F)cc3cc21. The maximum Gasteiger partial charge on any atom is 0.159 e. The van der Waals surface area contributed by atoms with Crippen LogP contribution in [0.3, 0.4) is 0 Å². The molecule has 27 heavy (non-hydrogen) atoms. The first-order valence-corrected chi connectivity index (χ1v) is 8.42. The predicted octanol–water partition coefficient (Wildman–Crippen LogP) is 5.54. The molecule has 0 aliphatic heterocycles. The molecule has 0 unspecified atom stereocenters. The molecule has 0 radical (unpaired) electrons. The minimum atomic E-state index is -0.987. The molecule has 0 bridgehead atoms. The van der Waals surface area contributed by atoms with Crippen molar-refractivity contribution in [3.8, 4) is 0 Å². The van der Waals surface area contributed by atoms with Gasteiger partial charge in [-0.25, -0.2) is 17.6 Å². The Morgan fingerprint density at radius 3 is 1.26 bits per heavy atom. The number of aliphatic hydroxyl groups excluding tert-OH is 1. The van der Waals surface area contributed by atoms with Crippen molar-refractivity contribution in [1.82, 2.24) is 0 Å². The summed E-state index contributed by atoms with van der Waals surface area (Å²) in [6.45, 7) is 0. The standard InChI is InChI=1S/C22H12F4O/c23-18-6-10-1-14-3-15-2-11-7-19(24)21(26)9-13(11)5-17(15)22(27)16(14)4-12(10)8-20(18)25/h1-2,4-9,22,27H,3H2. The Labute approximate surface area is 151 Å². The summed E-state index contributed by atoms with van der Waals surface area (Å²) < 4.78 is 54.2. The lowest BCUT2D eigenvalue weighted by Crippen LogP contribution is -2.13. The van der Waals surface area contributed by atoms with Gasteiger partial charge in [0.2, 0.25) is 0 Å². The number of fused-ring (bicyclic) bond motifs is 4.